The number of hydrogen-bond acceptors (Lipinski definition) is 3. The number of piperidine rings is 1. The maximum atomic E-state index is 5.81. The van der Waals surface area contributed by atoms with E-state index in [4.69, 9.17) is 10.5 Å². The fourth-order valence-electron chi connectivity index (χ4n) is 2.32. The van der Waals surface area contributed by atoms with Crippen LogP contribution in [0, 0.1) is 5.92 Å². The van der Waals surface area contributed by atoms with Gasteiger partial charge in [-0.2, -0.15) is 0 Å². The van der Waals surface area contributed by atoms with Crippen LogP contribution in [0.25, 0.3) is 0 Å². The average Bonchev–Trinajstić information content (AvgIpc) is 2.18. The quantitative estimate of drug-likeness (QED) is 0.736. The second-order valence-electron chi connectivity index (χ2n) is 4.16. The Bertz CT molecular complexity index is 158. The third kappa shape index (κ3) is 4.68. The first-order chi connectivity index (χ1) is 6.79. The van der Waals surface area contributed by atoms with E-state index in [9.17, 15) is 0 Å². The standard InChI is InChI=1S/C11H24N2O.ClH/c1-3-14-8-7-13-6-4-5-10(2)11(13)9-12;/h10-11H,3-9,12H2,1-2H3;1H. The van der Waals surface area contributed by atoms with Crippen LogP contribution >= 0.6 is 12.4 Å². The predicted octanol–water partition coefficient (Wildman–Crippen LogP) is 1.50. The molecule has 0 aliphatic carbocycles. The van der Waals surface area contributed by atoms with Gasteiger partial charge in [-0.25, -0.2) is 0 Å². The summed E-state index contributed by atoms with van der Waals surface area (Å²) in [6, 6.07) is 0.573. The summed E-state index contributed by atoms with van der Waals surface area (Å²) in [5, 5.41) is 0. The summed E-state index contributed by atoms with van der Waals surface area (Å²) in [7, 11) is 0. The smallest absolute Gasteiger partial charge is 0.0593 e. The largest absolute Gasteiger partial charge is 0.380 e. The third-order valence-electron chi connectivity index (χ3n) is 3.20. The molecule has 0 saturated carbocycles. The van der Waals surface area contributed by atoms with E-state index in [2.05, 4.69) is 11.8 Å². The first kappa shape index (κ1) is 15.2. The Kier molecular flexibility index (Phi) is 8.43. The van der Waals surface area contributed by atoms with Gasteiger partial charge in [0.05, 0.1) is 6.61 Å². The topological polar surface area (TPSA) is 38.5 Å². The number of likely N-dealkylation sites (tertiary alicyclic amines) is 1. The van der Waals surface area contributed by atoms with Gasteiger partial charge in [-0.3, -0.25) is 4.90 Å². The molecule has 0 radical (unpaired) electrons. The third-order valence-corrected chi connectivity index (χ3v) is 3.20. The molecule has 1 heterocycles. The Morgan fingerprint density at radius 1 is 1.47 bits per heavy atom. The molecule has 2 atom stereocenters. The maximum absolute atomic E-state index is 5.81. The van der Waals surface area contributed by atoms with Gasteiger partial charge in [-0.15, -0.1) is 12.4 Å². The van der Waals surface area contributed by atoms with Crippen LogP contribution in [0.15, 0.2) is 0 Å². The van der Waals surface area contributed by atoms with Gasteiger partial charge < -0.3 is 10.5 Å². The molecular weight excluding hydrogens is 212 g/mol. The van der Waals surface area contributed by atoms with Gasteiger partial charge in [0.25, 0.3) is 0 Å². The molecule has 0 aromatic carbocycles. The normalized spacial score (nSPS) is 27.4. The fourth-order valence-corrected chi connectivity index (χ4v) is 2.32. The lowest BCUT2D eigenvalue weighted by molar-refractivity contribution is 0.0587. The van der Waals surface area contributed by atoms with Crippen LogP contribution in [-0.4, -0.2) is 43.8 Å². The zero-order chi connectivity index (χ0) is 10.4. The van der Waals surface area contributed by atoms with Crippen LogP contribution in [0.1, 0.15) is 26.7 Å². The molecular formula is C11H25ClN2O. The Balaban J connectivity index is 0.00000196. The molecule has 92 valence electrons. The SMILES string of the molecule is CCOCCN1CCCC(C)C1CN.Cl. The Morgan fingerprint density at radius 2 is 2.20 bits per heavy atom. The van der Waals surface area contributed by atoms with Crippen molar-refractivity contribution in [1.29, 1.82) is 0 Å². The summed E-state index contributed by atoms with van der Waals surface area (Å²) in [5.41, 5.74) is 5.81. The number of nitrogens with two attached hydrogens (primary N) is 1. The molecule has 0 aromatic heterocycles. The highest BCUT2D eigenvalue weighted by Crippen LogP contribution is 2.21. The predicted molar refractivity (Wildman–Crippen MR) is 66.6 cm³/mol. The second-order valence-corrected chi connectivity index (χ2v) is 4.16. The van der Waals surface area contributed by atoms with Crippen molar-refractivity contribution in [3.05, 3.63) is 0 Å². The fraction of sp³-hybridized carbons (Fsp3) is 1.00. The van der Waals surface area contributed by atoms with Gasteiger partial charge in [0.2, 0.25) is 0 Å². The Hall–Kier alpha value is 0.170. The molecule has 1 saturated heterocycles. The maximum Gasteiger partial charge on any atom is 0.0593 e. The molecule has 1 aliphatic heterocycles. The molecule has 2 unspecified atom stereocenters. The number of ether oxygens (including phenoxy) is 1. The number of rotatable bonds is 5. The van der Waals surface area contributed by atoms with Gasteiger partial charge in [0.1, 0.15) is 0 Å². The minimum atomic E-state index is 0. The average molecular weight is 237 g/mol. The summed E-state index contributed by atoms with van der Waals surface area (Å²) in [5.74, 6) is 0.746. The van der Waals surface area contributed by atoms with Crippen LogP contribution in [0.3, 0.4) is 0 Å². The number of halogens is 1. The minimum Gasteiger partial charge on any atom is -0.380 e. The van der Waals surface area contributed by atoms with Crippen molar-refractivity contribution >= 4 is 12.4 Å². The van der Waals surface area contributed by atoms with Gasteiger partial charge in [-0.05, 0) is 32.2 Å². The Morgan fingerprint density at radius 3 is 2.80 bits per heavy atom. The van der Waals surface area contributed by atoms with Crippen molar-refractivity contribution in [1.82, 2.24) is 4.90 Å². The molecule has 0 aromatic rings. The molecule has 2 N–H and O–H groups in total. The van der Waals surface area contributed by atoms with Crippen LogP contribution in [0.2, 0.25) is 0 Å². The summed E-state index contributed by atoms with van der Waals surface area (Å²) in [6.07, 6.45) is 2.64. The highest BCUT2D eigenvalue weighted by molar-refractivity contribution is 5.85. The van der Waals surface area contributed by atoms with E-state index >= 15 is 0 Å². The second kappa shape index (κ2) is 8.34. The van der Waals surface area contributed by atoms with Crippen LogP contribution in [-0.2, 0) is 4.74 Å². The van der Waals surface area contributed by atoms with Gasteiger partial charge in [0, 0.05) is 25.7 Å². The van der Waals surface area contributed by atoms with Crippen molar-refractivity contribution < 1.29 is 4.74 Å². The zero-order valence-corrected chi connectivity index (χ0v) is 10.8. The number of nitrogens with zero attached hydrogens (tertiary/aromatic N) is 1. The zero-order valence-electron chi connectivity index (χ0n) is 9.95. The van der Waals surface area contributed by atoms with Crippen LogP contribution in [0.5, 0.6) is 0 Å². The lowest BCUT2D eigenvalue weighted by Crippen LogP contribution is -2.49. The van der Waals surface area contributed by atoms with E-state index in [-0.39, 0.29) is 12.4 Å². The first-order valence-electron chi connectivity index (χ1n) is 5.81. The van der Waals surface area contributed by atoms with Crippen molar-refractivity contribution in [3.63, 3.8) is 0 Å². The highest BCUT2D eigenvalue weighted by Gasteiger charge is 2.26. The first-order valence-corrected chi connectivity index (χ1v) is 5.81. The molecule has 1 fully saturated rings. The van der Waals surface area contributed by atoms with Crippen molar-refractivity contribution in [2.45, 2.75) is 32.7 Å². The summed E-state index contributed by atoms with van der Waals surface area (Å²) in [6.45, 7) is 9.03. The molecule has 0 amide bonds. The molecule has 4 heteroatoms. The van der Waals surface area contributed by atoms with E-state index < -0.39 is 0 Å². The van der Waals surface area contributed by atoms with Gasteiger partial charge >= 0.3 is 0 Å². The minimum absolute atomic E-state index is 0. The highest BCUT2D eigenvalue weighted by atomic mass is 35.5. The lowest BCUT2D eigenvalue weighted by atomic mass is 9.91. The summed E-state index contributed by atoms with van der Waals surface area (Å²) >= 11 is 0. The molecule has 3 nitrogen and oxygen atoms in total. The molecule has 15 heavy (non-hydrogen) atoms. The summed E-state index contributed by atoms with van der Waals surface area (Å²) in [4.78, 5) is 2.49. The van der Waals surface area contributed by atoms with E-state index in [0.29, 0.717) is 6.04 Å². The van der Waals surface area contributed by atoms with E-state index in [0.717, 1.165) is 32.2 Å². The van der Waals surface area contributed by atoms with Crippen LogP contribution in [0.4, 0.5) is 0 Å². The molecule has 1 rings (SSSR count). The Labute approximate surface area is 99.7 Å². The van der Waals surface area contributed by atoms with E-state index in [1.807, 2.05) is 6.92 Å². The van der Waals surface area contributed by atoms with Gasteiger partial charge in [0.15, 0.2) is 0 Å². The lowest BCUT2D eigenvalue weighted by Gasteiger charge is -2.39. The van der Waals surface area contributed by atoms with Gasteiger partial charge in [-0.1, -0.05) is 6.92 Å². The molecule has 1 aliphatic rings. The number of hydrogen-bond donors (Lipinski definition) is 1. The summed E-state index contributed by atoms with van der Waals surface area (Å²) < 4.78 is 5.38. The van der Waals surface area contributed by atoms with E-state index in [1.165, 1.54) is 19.4 Å². The van der Waals surface area contributed by atoms with Crippen molar-refractivity contribution in [3.8, 4) is 0 Å². The monoisotopic (exact) mass is 236 g/mol. The van der Waals surface area contributed by atoms with Crippen LogP contribution < -0.4 is 5.73 Å². The van der Waals surface area contributed by atoms with Crippen molar-refractivity contribution in [2.75, 3.05) is 32.8 Å². The molecule has 0 spiro atoms. The van der Waals surface area contributed by atoms with E-state index in [1.54, 1.807) is 0 Å². The van der Waals surface area contributed by atoms with Crippen molar-refractivity contribution in [2.24, 2.45) is 11.7 Å². The molecule has 0 bridgehead atoms.